The fraction of sp³-hybridized carbons (Fsp3) is 0.917. The van der Waals surface area contributed by atoms with Gasteiger partial charge in [-0.3, -0.25) is 0 Å². The Morgan fingerprint density at radius 3 is 2.76 bits per heavy atom. The van der Waals surface area contributed by atoms with Gasteiger partial charge in [0.1, 0.15) is 5.60 Å². The fourth-order valence-corrected chi connectivity index (χ4v) is 2.51. The monoisotopic (exact) mass is 261 g/mol. The molecule has 0 aromatic rings. The van der Waals surface area contributed by atoms with Crippen molar-refractivity contribution >= 4 is 17.9 Å². The number of aliphatic hydroxyl groups excluding tert-OH is 1. The Hall–Kier alpha value is -0.420. The van der Waals surface area contributed by atoms with Gasteiger partial charge in [-0.05, 0) is 33.4 Å². The Balaban J connectivity index is 2.42. The van der Waals surface area contributed by atoms with Crippen LogP contribution in [0.2, 0.25) is 0 Å². The highest BCUT2D eigenvalue weighted by molar-refractivity contribution is 7.98. The zero-order valence-corrected chi connectivity index (χ0v) is 11.9. The van der Waals surface area contributed by atoms with Crippen LogP contribution in [0.1, 0.15) is 27.2 Å². The van der Waals surface area contributed by atoms with Gasteiger partial charge in [0, 0.05) is 24.8 Å². The minimum atomic E-state index is -0.451. The zero-order valence-electron chi connectivity index (χ0n) is 11.1. The SMILES string of the molecule is CSC[C@@H](O)C1CCN(C(=O)OC(C)(C)C)C1. The summed E-state index contributed by atoms with van der Waals surface area (Å²) >= 11 is 1.63. The molecule has 0 spiro atoms. The molecule has 1 rings (SSSR count). The molecular formula is C12H23NO3S. The maximum Gasteiger partial charge on any atom is 0.410 e. The van der Waals surface area contributed by atoms with E-state index in [4.69, 9.17) is 4.74 Å². The Labute approximate surface area is 108 Å². The van der Waals surface area contributed by atoms with Crippen LogP contribution in [0.3, 0.4) is 0 Å². The van der Waals surface area contributed by atoms with Crippen LogP contribution in [0, 0.1) is 5.92 Å². The highest BCUT2D eigenvalue weighted by atomic mass is 32.2. The van der Waals surface area contributed by atoms with Crippen molar-refractivity contribution in [2.45, 2.75) is 38.9 Å². The van der Waals surface area contributed by atoms with Crippen molar-refractivity contribution in [1.29, 1.82) is 0 Å². The first-order valence-electron chi connectivity index (χ1n) is 5.98. The lowest BCUT2D eigenvalue weighted by Crippen LogP contribution is -2.36. The molecule has 0 bridgehead atoms. The van der Waals surface area contributed by atoms with Gasteiger partial charge in [0.2, 0.25) is 0 Å². The van der Waals surface area contributed by atoms with Crippen LogP contribution in [0.15, 0.2) is 0 Å². The van der Waals surface area contributed by atoms with Gasteiger partial charge in [-0.25, -0.2) is 4.79 Å². The smallest absolute Gasteiger partial charge is 0.410 e. The summed E-state index contributed by atoms with van der Waals surface area (Å²) in [6.45, 7) is 6.88. The van der Waals surface area contributed by atoms with Gasteiger partial charge < -0.3 is 14.7 Å². The van der Waals surface area contributed by atoms with Crippen molar-refractivity contribution in [3.8, 4) is 0 Å². The van der Waals surface area contributed by atoms with Gasteiger partial charge in [-0.1, -0.05) is 0 Å². The van der Waals surface area contributed by atoms with Crippen molar-refractivity contribution < 1.29 is 14.6 Å². The van der Waals surface area contributed by atoms with Crippen LogP contribution in [-0.2, 0) is 4.74 Å². The summed E-state index contributed by atoms with van der Waals surface area (Å²) in [6.07, 6.45) is 2.25. The number of rotatable bonds is 3. The number of carbonyl (C=O) groups is 1. The Bertz CT molecular complexity index is 265. The summed E-state index contributed by atoms with van der Waals surface area (Å²) in [5.74, 6) is 0.919. The number of likely N-dealkylation sites (tertiary alicyclic amines) is 1. The number of aliphatic hydroxyl groups is 1. The van der Waals surface area contributed by atoms with E-state index in [2.05, 4.69) is 0 Å². The second-order valence-corrected chi connectivity index (χ2v) is 6.41. The number of ether oxygens (including phenoxy) is 1. The molecule has 0 aliphatic carbocycles. The molecular weight excluding hydrogens is 238 g/mol. The average Bonchev–Trinajstić information content (AvgIpc) is 2.63. The zero-order chi connectivity index (χ0) is 13.1. The number of carbonyl (C=O) groups excluding carboxylic acids is 1. The lowest BCUT2D eigenvalue weighted by Gasteiger charge is -2.25. The topological polar surface area (TPSA) is 49.8 Å². The van der Waals surface area contributed by atoms with E-state index in [1.54, 1.807) is 16.7 Å². The van der Waals surface area contributed by atoms with Crippen LogP contribution in [-0.4, -0.2) is 52.9 Å². The van der Waals surface area contributed by atoms with Crippen LogP contribution in [0.5, 0.6) is 0 Å². The number of hydrogen-bond donors (Lipinski definition) is 1. The number of nitrogens with zero attached hydrogens (tertiary/aromatic N) is 1. The van der Waals surface area contributed by atoms with Gasteiger partial charge in [0.05, 0.1) is 6.10 Å². The van der Waals surface area contributed by atoms with Crippen molar-refractivity contribution in [3.05, 3.63) is 0 Å². The van der Waals surface area contributed by atoms with Gasteiger partial charge >= 0.3 is 6.09 Å². The number of hydrogen-bond acceptors (Lipinski definition) is 4. The van der Waals surface area contributed by atoms with E-state index >= 15 is 0 Å². The standard InChI is InChI=1S/C12H23NO3S/c1-12(2,3)16-11(15)13-6-5-9(7-13)10(14)8-17-4/h9-10,14H,5-8H2,1-4H3/t9?,10-/m1/s1. The van der Waals surface area contributed by atoms with Gasteiger partial charge in [0.15, 0.2) is 0 Å². The van der Waals surface area contributed by atoms with Gasteiger partial charge in [-0.2, -0.15) is 11.8 Å². The van der Waals surface area contributed by atoms with E-state index in [0.717, 1.165) is 12.2 Å². The molecule has 2 atom stereocenters. The third kappa shape index (κ3) is 4.76. The first kappa shape index (κ1) is 14.6. The van der Waals surface area contributed by atoms with Crippen LogP contribution >= 0.6 is 11.8 Å². The summed E-state index contributed by atoms with van der Waals surface area (Å²) in [5.41, 5.74) is -0.451. The average molecular weight is 261 g/mol. The molecule has 1 heterocycles. The molecule has 1 N–H and O–H groups in total. The maximum atomic E-state index is 11.8. The summed E-state index contributed by atoms with van der Waals surface area (Å²) in [5, 5.41) is 9.88. The third-order valence-electron chi connectivity index (χ3n) is 2.76. The summed E-state index contributed by atoms with van der Waals surface area (Å²) in [7, 11) is 0. The number of amides is 1. The van der Waals surface area contributed by atoms with Crippen molar-refractivity contribution in [2.24, 2.45) is 5.92 Å². The molecule has 0 saturated carbocycles. The molecule has 1 fully saturated rings. The molecule has 4 nitrogen and oxygen atoms in total. The summed E-state index contributed by atoms with van der Waals surface area (Å²) in [6, 6.07) is 0. The van der Waals surface area contributed by atoms with Crippen molar-refractivity contribution in [3.63, 3.8) is 0 Å². The minimum Gasteiger partial charge on any atom is -0.444 e. The van der Waals surface area contributed by atoms with E-state index in [-0.39, 0.29) is 18.1 Å². The van der Waals surface area contributed by atoms with E-state index in [0.29, 0.717) is 13.1 Å². The second-order valence-electron chi connectivity index (χ2n) is 5.50. The first-order chi connectivity index (χ1) is 7.83. The van der Waals surface area contributed by atoms with Crippen LogP contribution in [0.25, 0.3) is 0 Å². The van der Waals surface area contributed by atoms with Crippen LogP contribution in [0.4, 0.5) is 4.79 Å². The predicted molar refractivity (Wildman–Crippen MR) is 70.3 cm³/mol. The molecule has 1 amide bonds. The van der Waals surface area contributed by atoms with Crippen molar-refractivity contribution in [1.82, 2.24) is 4.90 Å². The summed E-state index contributed by atoms with van der Waals surface area (Å²) in [4.78, 5) is 13.5. The lowest BCUT2D eigenvalue weighted by molar-refractivity contribution is 0.0274. The van der Waals surface area contributed by atoms with Crippen molar-refractivity contribution in [2.75, 3.05) is 25.1 Å². The Morgan fingerprint density at radius 2 is 2.24 bits per heavy atom. The highest BCUT2D eigenvalue weighted by Crippen LogP contribution is 2.23. The molecule has 0 radical (unpaired) electrons. The molecule has 1 saturated heterocycles. The molecule has 0 aromatic heterocycles. The number of thioether (sulfide) groups is 1. The largest absolute Gasteiger partial charge is 0.444 e. The molecule has 0 aromatic carbocycles. The normalized spacial score (nSPS) is 22.6. The van der Waals surface area contributed by atoms with E-state index in [1.807, 2.05) is 27.0 Å². The molecule has 5 heteroatoms. The maximum absolute atomic E-state index is 11.8. The molecule has 1 unspecified atom stereocenters. The fourth-order valence-electron chi connectivity index (χ4n) is 1.90. The van der Waals surface area contributed by atoms with Gasteiger partial charge in [0.25, 0.3) is 0 Å². The second kappa shape index (κ2) is 5.96. The minimum absolute atomic E-state index is 0.190. The van der Waals surface area contributed by atoms with Crippen LogP contribution < -0.4 is 0 Å². The third-order valence-corrected chi connectivity index (χ3v) is 3.43. The molecule has 1 aliphatic rings. The molecule has 1 aliphatic heterocycles. The molecule has 17 heavy (non-hydrogen) atoms. The highest BCUT2D eigenvalue weighted by Gasteiger charge is 2.32. The van der Waals surface area contributed by atoms with E-state index in [1.165, 1.54) is 0 Å². The van der Waals surface area contributed by atoms with E-state index in [9.17, 15) is 9.90 Å². The van der Waals surface area contributed by atoms with Gasteiger partial charge in [-0.15, -0.1) is 0 Å². The van der Waals surface area contributed by atoms with E-state index < -0.39 is 5.60 Å². The quantitative estimate of drug-likeness (QED) is 0.844. The summed E-state index contributed by atoms with van der Waals surface area (Å²) < 4.78 is 5.31. The lowest BCUT2D eigenvalue weighted by atomic mass is 10.0. The Morgan fingerprint density at radius 1 is 1.59 bits per heavy atom. The molecule has 100 valence electrons. The predicted octanol–water partition coefficient (Wildman–Crippen LogP) is 1.97. The Kier molecular flexibility index (Phi) is 5.13. The first-order valence-corrected chi connectivity index (χ1v) is 7.38.